The summed E-state index contributed by atoms with van der Waals surface area (Å²) in [7, 11) is 1.61. The average molecular weight is 362 g/mol. The van der Waals surface area contributed by atoms with E-state index in [1.54, 1.807) is 13.2 Å². The first-order valence-corrected chi connectivity index (χ1v) is 9.08. The maximum absolute atomic E-state index is 11.0. The highest BCUT2D eigenvalue weighted by molar-refractivity contribution is 5.91. The first kappa shape index (κ1) is 17.4. The third-order valence-corrected chi connectivity index (χ3v) is 5.03. The molecule has 5 nitrogen and oxygen atoms in total. The van der Waals surface area contributed by atoms with Crippen LogP contribution in [0, 0.1) is 0 Å². The van der Waals surface area contributed by atoms with Crippen molar-refractivity contribution in [1.29, 1.82) is 0 Å². The molecule has 3 aromatic rings. The molecule has 0 aliphatic carbocycles. The minimum atomic E-state index is -0.969. The van der Waals surface area contributed by atoms with Crippen LogP contribution in [0.4, 0.5) is 0 Å². The number of nitrogens with zero attached hydrogens (tertiary/aromatic N) is 1. The Hall–Kier alpha value is -3.05. The second-order valence-corrected chi connectivity index (χ2v) is 6.69. The zero-order valence-corrected chi connectivity index (χ0v) is 15.2. The van der Waals surface area contributed by atoms with E-state index in [0.717, 1.165) is 48.8 Å². The number of nitrogens with one attached hydrogen (secondary N) is 1. The SMILES string of the molecule is COc1ccc(-c2ccc3c(c2)cc2n3CCNCC2)c(C=CC(=O)O)c1. The summed E-state index contributed by atoms with van der Waals surface area (Å²) in [6.45, 7) is 2.97. The molecule has 2 heterocycles. The minimum absolute atomic E-state index is 0.702. The van der Waals surface area contributed by atoms with Gasteiger partial charge in [0, 0.05) is 48.7 Å². The molecule has 0 radical (unpaired) electrons. The summed E-state index contributed by atoms with van der Waals surface area (Å²) in [5.74, 6) is -0.267. The van der Waals surface area contributed by atoms with Crippen LogP contribution in [0.25, 0.3) is 28.1 Å². The summed E-state index contributed by atoms with van der Waals surface area (Å²) in [5, 5.41) is 13.6. The summed E-state index contributed by atoms with van der Waals surface area (Å²) in [6, 6.07) is 14.5. The van der Waals surface area contributed by atoms with Gasteiger partial charge in [0.15, 0.2) is 0 Å². The van der Waals surface area contributed by atoms with Gasteiger partial charge in [0.2, 0.25) is 0 Å². The Balaban J connectivity index is 1.81. The molecular formula is C22H22N2O3. The normalized spacial score (nSPS) is 14.3. The molecule has 5 heteroatoms. The number of ether oxygens (including phenoxy) is 1. The quantitative estimate of drug-likeness (QED) is 0.697. The van der Waals surface area contributed by atoms with Gasteiger partial charge in [0.25, 0.3) is 0 Å². The van der Waals surface area contributed by atoms with E-state index in [-0.39, 0.29) is 0 Å². The molecule has 1 aliphatic heterocycles. The lowest BCUT2D eigenvalue weighted by Crippen LogP contribution is -2.17. The molecule has 0 unspecified atom stereocenters. The lowest BCUT2D eigenvalue weighted by molar-refractivity contribution is -0.131. The average Bonchev–Trinajstić information content (AvgIpc) is 2.85. The second kappa shape index (κ2) is 7.29. The number of benzene rings is 2. The van der Waals surface area contributed by atoms with E-state index >= 15 is 0 Å². The van der Waals surface area contributed by atoms with Crippen LogP contribution in [0.5, 0.6) is 5.75 Å². The van der Waals surface area contributed by atoms with Gasteiger partial charge in [0.1, 0.15) is 5.75 Å². The third kappa shape index (κ3) is 3.46. The zero-order valence-electron chi connectivity index (χ0n) is 15.2. The summed E-state index contributed by atoms with van der Waals surface area (Å²) < 4.78 is 7.69. The molecule has 0 saturated carbocycles. The fourth-order valence-corrected chi connectivity index (χ4v) is 3.73. The van der Waals surface area contributed by atoms with Gasteiger partial charge >= 0.3 is 5.97 Å². The molecule has 0 amide bonds. The van der Waals surface area contributed by atoms with Gasteiger partial charge in [-0.15, -0.1) is 0 Å². The van der Waals surface area contributed by atoms with Crippen LogP contribution in [0.2, 0.25) is 0 Å². The third-order valence-electron chi connectivity index (χ3n) is 5.03. The number of carboxylic acids is 1. The highest BCUT2D eigenvalue weighted by Crippen LogP contribution is 2.32. The van der Waals surface area contributed by atoms with Crippen molar-refractivity contribution in [3.05, 3.63) is 59.8 Å². The number of hydrogen-bond donors (Lipinski definition) is 2. The van der Waals surface area contributed by atoms with Crippen LogP contribution in [0.1, 0.15) is 11.3 Å². The Labute approximate surface area is 157 Å². The van der Waals surface area contributed by atoms with Crippen molar-refractivity contribution in [1.82, 2.24) is 9.88 Å². The van der Waals surface area contributed by atoms with Gasteiger partial charge in [-0.25, -0.2) is 4.79 Å². The van der Waals surface area contributed by atoms with Gasteiger partial charge < -0.3 is 19.7 Å². The van der Waals surface area contributed by atoms with E-state index in [4.69, 9.17) is 9.84 Å². The van der Waals surface area contributed by atoms with Crippen molar-refractivity contribution in [3.8, 4) is 16.9 Å². The van der Waals surface area contributed by atoms with E-state index in [0.29, 0.717) is 5.75 Å². The van der Waals surface area contributed by atoms with Gasteiger partial charge in [-0.1, -0.05) is 12.1 Å². The van der Waals surface area contributed by atoms with Crippen molar-refractivity contribution in [2.45, 2.75) is 13.0 Å². The molecule has 0 bridgehead atoms. The first-order valence-electron chi connectivity index (χ1n) is 9.08. The second-order valence-electron chi connectivity index (χ2n) is 6.69. The van der Waals surface area contributed by atoms with Crippen molar-refractivity contribution in [2.75, 3.05) is 20.2 Å². The minimum Gasteiger partial charge on any atom is -0.497 e. The largest absolute Gasteiger partial charge is 0.497 e. The Kier molecular flexibility index (Phi) is 4.69. The summed E-state index contributed by atoms with van der Waals surface area (Å²) >= 11 is 0. The monoisotopic (exact) mass is 362 g/mol. The zero-order chi connectivity index (χ0) is 18.8. The Morgan fingerprint density at radius 2 is 2.07 bits per heavy atom. The Bertz CT molecular complexity index is 1030. The van der Waals surface area contributed by atoms with Crippen molar-refractivity contribution >= 4 is 22.9 Å². The highest BCUT2D eigenvalue weighted by Gasteiger charge is 2.13. The Morgan fingerprint density at radius 3 is 2.89 bits per heavy atom. The van der Waals surface area contributed by atoms with Crippen LogP contribution >= 0.6 is 0 Å². The summed E-state index contributed by atoms with van der Waals surface area (Å²) in [6.07, 6.45) is 3.80. The number of rotatable bonds is 4. The Morgan fingerprint density at radius 1 is 1.19 bits per heavy atom. The molecule has 2 N–H and O–H groups in total. The topological polar surface area (TPSA) is 63.5 Å². The molecule has 27 heavy (non-hydrogen) atoms. The van der Waals surface area contributed by atoms with Crippen LogP contribution in [-0.4, -0.2) is 35.8 Å². The van der Waals surface area contributed by atoms with Gasteiger partial charge in [-0.05, 0) is 53.1 Å². The van der Waals surface area contributed by atoms with E-state index in [2.05, 4.69) is 34.1 Å². The van der Waals surface area contributed by atoms with Crippen LogP contribution in [0.15, 0.2) is 48.5 Å². The van der Waals surface area contributed by atoms with Crippen molar-refractivity contribution in [3.63, 3.8) is 0 Å². The number of aliphatic carboxylic acids is 1. The summed E-state index contributed by atoms with van der Waals surface area (Å²) in [4.78, 5) is 11.0. The van der Waals surface area contributed by atoms with Crippen molar-refractivity contribution in [2.24, 2.45) is 0 Å². The molecule has 0 fully saturated rings. The van der Waals surface area contributed by atoms with Gasteiger partial charge in [-0.3, -0.25) is 0 Å². The van der Waals surface area contributed by atoms with E-state index in [9.17, 15) is 4.79 Å². The van der Waals surface area contributed by atoms with E-state index in [1.165, 1.54) is 16.6 Å². The lowest BCUT2D eigenvalue weighted by atomic mass is 9.98. The maximum atomic E-state index is 11.0. The van der Waals surface area contributed by atoms with Crippen LogP contribution in [-0.2, 0) is 17.8 Å². The van der Waals surface area contributed by atoms with E-state index in [1.807, 2.05) is 18.2 Å². The van der Waals surface area contributed by atoms with Gasteiger partial charge in [-0.2, -0.15) is 0 Å². The summed E-state index contributed by atoms with van der Waals surface area (Å²) in [5.41, 5.74) is 5.47. The molecular weight excluding hydrogens is 340 g/mol. The predicted octanol–water partition coefficient (Wildman–Crippen LogP) is 3.56. The fraction of sp³-hybridized carbons (Fsp3) is 0.227. The predicted molar refractivity (Wildman–Crippen MR) is 107 cm³/mol. The number of aromatic nitrogens is 1. The number of carboxylic acid groups (broad SMARTS) is 1. The molecule has 1 aromatic heterocycles. The maximum Gasteiger partial charge on any atom is 0.328 e. The van der Waals surface area contributed by atoms with Crippen LogP contribution in [0.3, 0.4) is 0 Å². The number of methoxy groups -OCH3 is 1. The van der Waals surface area contributed by atoms with Gasteiger partial charge in [0.05, 0.1) is 7.11 Å². The lowest BCUT2D eigenvalue weighted by Gasteiger charge is -2.10. The van der Waals surface area contributed by atoms with Crippen molar-refractivity contribution < 1.29 is 14.6 Å². The standard InChI is InChI=1S/C22H22N2O3/c1-27-19-4-5-20(16(14-19)3-7-22(25)26)15-2-6-21-17(12-15)13-18-8-9-23-10-11-24(18)21/h2-7,12-14,23H,8-11H2,1H3,(H,25,26). The molecule has 2 aromatic carbocycles. The number of carbonyl (C=O) groups is 1. The highest BCUT2D eigenvalue weighted by atomic mass is 16.5. The molecule has 0 saturated heterocycles. The molecule has 1 aliphatic rings. The van der Waals surface area contributed by atoms with E-state index < -0.39 is 5.97 Å². The smallest absolute Gasteiger partial charge is 0.328 e. The first-order chi connectivity index (χ1) is 13.2. The molecule has 0 atom stereocenters. The number of fused-ring (bicyclic) bond motifs is 3. The molecule has 0 spiro atoms. The van der Waals surface area contributed by atoms with Crippen LogP contribution < -0.4 is 10.1 Å². The molecule has 138 valence electrons. The number of hydrogen-bond acceptors (Lipinski definition) is 3. The molecule has 4 rings (SSSR count). The fourth-order valence-electron chi connectivity index (χ4n) is 3.73.